The predicted molar refractivity (Wildman–Crippen MR) is 71.1 cm³/mol. The number of benzene rings is 1. The summed E-state index contributed by atoms with van der Waals surface area (Å²) in [6.45, 7) is 2.80. The Bertz CT molecular complexity index is 523. The Balaban J connectivity index is 2.52. The van der Waals surface area contributed by atoms with E-state index in [1.165, 1.54) is 5.56 Å². The van der Waals surface area contributed by atoms with Gasteiger partial charge in [-0.2, -0.15) is 0 Å². The smallest absolute Gasteiger partial charge is 0.127 e. The summed E-state index contributed by atoms with van der Waals surface area (Å²) in [5, 5.41) is 1.16. The number of fused-ring (bicyclic) bond motifs is 1. The van der Waals surface area contributed by atoms with Crippen LogP contribution in [0.5, 0.6) is 0 Å². The second-order valence-corrected chi connectivity index (χ2v) is 4.12. The van der Waals surface area contributed by atoms with Gasteiger partial charge in [0.2, 0.25) is 0 Å². The van der Waals surface area contributed by atoms with Crippen molar-refractivity contribution in [2.45, 2.75) is 19.8 Å². The van der Waals surface area contributed by atoms with Gasteiger partial charge in [-0.15, -0.1) is 0 Å². The minimum Gasteiger partial charge on any atom is -0.384 e. The molecule has 0 spiro atoms. The van der Waals surface area contributed by atoms with Crippen LogP contribution < -0.4 is 5.73 Å². The summed E-state index contributed by atoms with van der Waals surface area (Å²) in [5.74, 6) is 0.643. The number of aromatic nitrogens is 1. The number of rotatable bonds is 4. The molecule has 3 heteroatoms. The van der Waals surface area contributed by atoms with Crippen LogP contribution >= 0.6 is 0 Å². The van der Waals surface area contributed by atoms with E-state index in [2.05, 4.69) is 36.2 Å². The quantitative estimate of drug-likeness (QED) is 0.878. The number of pyridine rings is 1. The van der Waals surface area contributed by atoms with E-state index in [9.17, 15) is 0 Å². The number of hydrogen-bond acceptors (Lipinski definition) is 3. The number of nitrogen functional groups attached to an aromatic ring is 1. The predicted octanol–water partition coefficient (Wildman–Crippen LogP) is 2.57. The van der Waals surface area contributed by atoms with E-state index in [4.69, 9.17) is 10.5 Å². The van der Waals surface area contributed by atoms with E-state index in [1.54, 1.807) is 7.11 Å². The standard InChI is InChI=1S/C14H18N2O/c1-3-10-9-12-6-4-5-11(7-8-17-2)13(12)16-14(10)15/h4-6,9H,3,7-8H2,1-2H3,(H2,15,16). The highest BCUT2D eigenvalue weighted by molar-refractivity contribution is 5.84. The number of para-hydroxylation sites is 1. The maximum absolute atomic E-state index is 5.95. The van der Waals surface area contributed by atoms with E-state index in [1.807, 2.05) is 0 Å². The van der Waals surface area contributed by atoms with E-state index < -0.39 is 0 Å². The maximum atomic E-state index is 5.95. The summed E-state index contributed by atoms with van der Waals surface area (Å²) >= 11 is 0. The first-order valence-electron chi connectivity index (χ1n) is 5.92. The second-order valence-electron chi connectivity index (χ2n) is 4.12. The van der Waals surface area contributed by atoms with Gasteiger partial charge in [-0.25, -0.2) is 4.98 Å². The van der Waals surface area contributed by atoms with E-state index in [0.29, 0.717) is 12.4 Å². The van der Waals surface area contributed by atoms with Crippen molar-refractivity contribution < 1.29 is 4.74 Å². The first kappa shape index (κ1) is 11.9. The van der Waals surface area contributed by atoms with Crippen molar-refractivity contribution in [3.05, 3.63) is 35.4 Å². The molecule has 1 aromatic heterocycles. The minimum absolute atomic E-state index is 0.643. The first-order chi connectivity index (χ1) is 8.26. The monoisotopic (exact) mass is 230 g/mol. The maximum Gasteiger partial charge on any atom is 0.127 e. The molecule has 17 heavy (non-hydrogen) atoms. The Hall–Kier alpha value is -1.61. The summed E-state index contributed by atoms with van der Waals surface area (Å²) in [7, 11) is 1.71. The number of methoxy groups -OCH3 is 1. The van der Waals surface area contributed by atoms with Gasteiger partial charge in [0.1, 0.15) is 5.82 Å². The van der Waals surface area contributed by atoms with Crippen LogP contribution in [0.25, 0.3) is 10.9 Å². The van der Waals surface area contributed by atoms with Crippen LogP contribution in [-0.4, -0.2) is 18.7 Å². The highest BCUT2D eigenvalue weighted by Crippen LogP contribution is 2.22. The molecule has 2 aromatic rings. The van der Waals surface area contributed by atoms with Gasteiger partial charge in [-0.05, 0) is 30.0 Å². The van der Waals surface area contributed by atoms with Gasteiger partial charge >= 0.3 is 0 Å². The summed E-state index contributed by atoms with van der Waals surface area (Å²) in [6.07, 6.45) is 1.78. The Labute approximate surface area is 102 Å². The lowest BCUT2D eigenvalue weighted by molar-refractivity contribution is 0.202. The molecule has 0 aliphatic carbocycles. The average Bonchev–Trinajstić information content (AvgIpc) is 2.35. The Morgan fingerprint density at radius 1 is 1.29 bits per heavy atom. The Morgan fingerprint density at radius 2 is 2.12 bits per heavy atom. The number of anilines is 1. The highest BCUT2D eigenvalue weighted by atomic mass is 16.5. The van der Waals surface area contributed by atoms with Crippen LogP contribution in [0, 0.1) is 0 Å². The van der Waals surface area contributed by atoms with Gasteiger partial charge < -0.3 is 10.5 Å². The number of ether oxygens (including phenoxy) is 1. The zero-order chi connectivity index (χ0) is 12.3. The third-order valence-electron chi connectivity index (χ3n) is 3.00. The van der Waals surface area contributed by atoms with Crippen LogP contribution in [0.1, 0.15) is 18.1 Å². The molecule has 3 nitrogen and oxygen atoms in total. The van der Waals surface area contributed by atoms with Crippen molar-refractivity contribution in [3.63, 3.8) is 0 Å². The van der Waals surface area contributed by atoms with Crippen LogP contribution in [-0.2, 0) is 17.6 Å². The fourth-order valence-corrected chi connectivity index (χ4v) is 2.01. The second kappa shape index (κ2) is 5.15. The Morgan fingerprint density at radius 3 is 2.82 bits per heavy atom. The van der Waals surface area contributed by atoms with Gasteiger partial charge in [0.25, 0.3) is 0 Å². The molecule has 2 rings (SSSR count). The lowest BCUT2D eigenvalue weighted by Crippen LogP contribution is -2.01. The highest BCUT2D eigenvalue weighted by Gasteiger charge is 2.06. The average molecular weight is 230 g/mol. The van der Waals surface area contributed by atoms with E-state index >= 15 is 0 Å². The van der Waals surface area contributed by atoms with Crippen molar-refractivity contribution in [3.8, 4) is 0 Å². The van der Waals surface area contributed by atoms with Crippen molar-refractivity contribution in [1.29, 1.82) is 0 Å². The van der Waals surface area contributed by atoms with E-state index in [-0.39, 0.29) is 0 Å². The SMILES string of the molecule is CCc1cc2cccc(CCOC)c2nc1N. The molecular weight excluding hydrogens is 212 g/mol. The van der Waals surface area contributed by atoms with Gasteiger partial charge in [0.05, 0.1) is 12.1 Å². The van der Waals surface area contributed by atoms with Gasteiger partial charge in [-0.1, -0.05) is 25.1 Å². The lowest BCUT2D eigenvalue weighted by atomic mass is 10.0. The molecule has 0 unspecified atom stereocenters. The molecule has 0 saturated carbocycles. The summed E-state index contributed by atoms with van der Waals surface area (Å²) in [5.41, 5.74) is 9.26. The van der Waals surface area contributed by atoms with Gasteiger partial charge in [0.15, 0.2) is 0 Å². The molecular formula is C14H18N2O. The summed E-state index contributed by atoms with van der Waals surface area (Å²) in [4.78, 5) is 4.52. The minimum atomic E-state index is 0.643. The van der Waals surface area contributed by atoms with Crippen LogP contribution in [0.3, 0.4) is 0 Å². The molecule has 0 saturated heterocycles. The van der Waals surface area contributed by atoms with Crippen molar-refractivity contribution in [1.82, 2.24) is 4.98 Å². The van der Waals surface area contributed by atoms with Crippen molar-refractivity contribution >= 4 is 16.7 Å². The summed E-state index contributed by atoms with van der Waals surface area (Å²) in [6, 6.07) is 8.36. The fourth-order valence-electron chi connectivity index (χ4n) is 2.01. The van der Waals surface area contributed by atoms with E-state index in [0.717, 1.165) is 29.3 Å². The number of nitrogens with two attached hydrogens (primary N) is 1. The fraction of sp³-hybridized carbons (Fsp3) is 0.357. The number of nitrogens with zero attached hydrogens (tertiary/aromatic N) is 1. The lowest BCUT2D eigenvalue weighted by Gasteiger charge is -2.09. The van der Waals surface area contributed by atoms with Gasteiger partial charge in [0, 0.05) is 12.5 Å². The zero-order valence-electron chi connectivity index (χ0n) is 10.4. The van der Waals surface area contributed by atoms with Crippen LogP contribution in [0.2, 0.25) is 0 Å². The molecule has 0 aliphatic rings. The third-order valence-corrected chi connectivity index (χ3v) is 3.00. The molecule has 0 radical (unpaired) electrons. The number of hydrogen-bond donors (Lipinski definition) is 1. The summed E-state index contributed by atoms with van der Waals surface area (Å²) < 4.78 is 5.11. The van der Waals surface area contributed by atoms with Crippen LogP contribution in [0.15, 0.2) is 24.3 Å². The van der Waals surface area contributed by atoms with Gasteiger partial charge in [-0.3, -0.25) is 0 Å². The molecule has 0 amide bonds. The molecule has 0 atom stereocenters. The molecule has 0 fully saturated rings. The molecule has 0 bridgehead atoms. The molecule has 0 aliphatic heterocycles. The van der Waals surface area contributed by atoms with Crippen LogP contribution in [0.4, 0.5) is 5.82 Å². The zero-order valence-corrected chi connectivity index (χ0v) is 10.4. The van der Waals surface area contributed by atoms with Crippen molar-refractivity contribution in [2.24, 2.45) is 0 Å². The largest absolute Gasteiger partial charge is 0.384 e. The molecule has 90 valence electrons. The van der Waals surface area contributed by atoms with Crippen molar-refractivity contribution in [2.75, 3.05) is 19.5 Å². The Kier molecular flexibility index (Phi) is 3.59. The number of aryl methyl sites for hydroxylation is 1. The normalized spacial score (nSPS) is 10.9. The first-order valence-corrected chi connectivity index (χ1v) is 5.92. The third kappa shape index (κ3) is 2.39. The molecule has 1 heterocycles. The molecule has 2 N–H and O–H groups in total. The topological polar surface area (TPSA) is 48.1 Å². The molecule has 1 aromatic carbocycles.